The van der Waals surface area contributed by atoms with Crippen LogP contribution in [0.25, 0.3) is 0 Å². The van der Waals surface area contributed by atoms with Gasteiger partial charge in [-0.3, -0.25) is 19.7 Å². The van der Waals surface area contributed by atoms with Crippen molar-refractivity contribution < 1.29 is 24.4 Å². The molecule has 3 rings (SSSR count). The number of methoxy groups -OCH3 is 1. The number of fused-ring (bicyclic) bond motifs is 1. The summed E-state index contributed by atoms with van der Waals surface area (Å²) in [5, 5.41) is 29.4. The van der Waals surface area contributed by atoms with Crippen molar-refractivity contribution in [3.05, 3.63) is 40.0 Å². The summed E-state index contributed by atoms with van der Waals surface area (Å²) in [6.07, 6.45) is -0.218. The van der Waals surface area contributed by atoms with E-state index >= 15 is 0 Å². The van der Waals surface area contributed by atoms with Crippen LogP contribution in [-0.2, 0) is 16.0 Å². The van der Waals surface area contributed by atoms with E-state index < -0.39 is 29.0 Å². The van der Waals surface area contributed by atoms with Gasteiger partial charge in [-0.2, -0.15) is 0 Å². The third kappa shape index (κ3) is 4.02. The van der Waals surface area contributed by atoms with Gasteiger partial charge in [0.1, 0.15) is 23.6 Å². The lowest BCUT2D eigenvalue weighted by atomic mass is 9.83. The van der Waals surface area contributed by atoms with E-state index in [9.17, 15) is 24.8 Å². The molecular weight excluding hydrogens is 380 g/mol. The van der Waals surface area contributed by atoms with E-state index in [1.54, 1.807) is 0 Å². The summed E-state index contributed by atoms with van der Waals surface area (Å²) in [5.74, 6) is -1.36. The van der Waals surface area contributed by atoms with Gasteiger partial charge in [-0.25, -0.2) is 0 Å². The van der Waals surface area contributed by atoms with E-state index in [1.807, 2.05) is 6.92 Å². The number of nitrogens with zero attached hydrogens (tertiary/aromatic N) is 1. The molecule has 4 atom stereocenters. The summed E-state index contributed by atoms with van der Waals surface area (Å²) in [6.45, 7) is 6.19. The molecule has 0 saturated carbocycles. The zero-order valence-corrected chi connectivity index (χ0v) is 16.2. The summed E-state index contributed by atoms with van der Waals surface area (Å²) in [5.41, 5.74) is 1.68. The van der Waals surface area contributed by atoms with Gasteiger partial charge in [-0.1, -0.05) is 12.2 Å². The van der Waals surface area contributed by atoms with E-state index in [1.165, 1.54) is 19.2 Å². The molecule has 2 aliphatic rings. The van der Waals surface area contributed by atoms with E-state index in [-0.39, 0.29) is 23.9 Å². The largest absolute Gasteiger partial charge is 0.496 e. The van der Waals surface area contributed by atoms with Crippen molar-refractivity contribution in [3.63, 3.8) is 0 Å². The first-order valence-corrected chi connectivity index (χ1v) is 9.24. The van der Waals surface area contributed by atoms with Gasteiger partial charge in [-0.15, -0.1) is 0 Å². The maximum Gasteiger partial charge on any atom is 0.321 e. The Bertz CT molecular complexity index is 849. The average Bonchev–Trinajstić information content (AvgIpc) is 3.24. The van der Waals surface area contributed by atoms with Crippen molar-refractivity contribution in [2.45, 2.75) is 32.0 Å². The lowest BCUT2D eigenvalue weighted by Gasteiger charge is -2.22. The number of benzene rings is 1. The number of carbonyl (C=O) groups excluding carboxylic acids is 1. The topological polar surface area (TPSA) is 143 Å². The van der Waals surface area contributed by atoms with Crippen molar-refractivity contribution in [2.75, 3.05) is 19.0 Å². The van der Waals surface area contributed by atoms with E-state index in [0.29, 0.717) is 30.0 Å². The zero-order chi connectivity index (χ0) is 21.3. The van der Waals surface area contributed by atoms with Crippen LogP contribution in [0, 0.1) is 22.0 Å². The Morgan fingerprint density at radius 1 is 1.45 bits per heavy atom. The number of hydrogen-bond acceptors (Lipinski definition) is 7. The summed E-state index contributed by atoms with van der Waals surface area (Å²) in [4.78, 5) is 35.0. The lowest BCUT2D eigenvalue weighted by Crippen LogP contribution is -2.43. The number of carboxylic acids is 1. The Hall–Kier alpha value is -3.14. The van der Waals surface area contributed by atoms with Crippen molar-refractivity contribution in [1.29, 1.82) is 0 Å². The van der Waals surface area contributed by atoms with Gasteiger partial charge in [0.2, 0.25) is 5.91 Å². The maximum absolute atomic E-state index is 12.6. The number of amides is 1. The molecule has 10 nitrogen and oxygen atoms in total. The molecule has 4 N–H and O–H groups in total. The summed E-state index contributed by atoms with van der Waals surface area (Å²) < 4.78 is 5.28. The normalized spacial score (nSPS) is 25.0. The standard InChI is InChI=1S/C19H24N4O6/c1-9(2)12-8-20-18(19(25)26)10(12)7-16(24)21-15-6-11-14(29-3)5-4-13(23(27)28)17(11)22-15/h4-5,10,12,15,18,20,22H,1,6-8H2,2-3H3,(H,21,24)(H,25,26)/t10-,12+,15?,18-/m0/s1. The molecule has 0 aromatic heterocycles. The number of nitrogens with one attached hydrogen (secondary N) is 3. The molecule has 156 valence electrons. The molecule has 0 aliphatic carbocycles. The van der Waals surface area contributed by atoms with Crippen LogP contribution in [0.2, 0.25) is 0 Å². The second kappa shape index (κ2) is 8.08. The van der Waals surface area contributed by atoms with E-state index in [4.69, 9.17) is 4.74 Å². The fraction of sp³-hybridized carbons (Fsp3) is 0.474. The molecule has 1 saturated heterocycles. The van der Waals surface area contributed by atoms with Gasteiger partial charge in [-0.05, 0) is 18.9 Å². The van der Waals surface area contributed by atoms with Gasteiger partial charge in [0.25, 0.3) is 5.69 Å². The molecule has 2 aliphatic heterocycles. The Balaban J connectivity index is 1.71. The van der Waals surface area contributed by atoms with Crippen LogP contribution in [0.15, 0.2) is 24.3 Å². The molecule has 1 aromatic rings. The minimum atomic E-state index is -1.00. The predicted molar refractivity (Wildman–Crippen MR) is 105 cm³/mol. The van der Waals surface area contributed by atoms with E-state index in [2.05, 4.69) is 22.5 Å². The Morgan fingerprint density at radius 3 is 2.76 bits per heavy atom. The molecule has 0 bridgehead atoms. The first-order valence-electron chi connectivity index (χ1n) is 9.24. The number of ether oxygens (including phenoxy) is 1. The number of aliphatic carboxylic acids is 1. The van der Waals surface area contributed by atoms with Crippen LogP contribution < -0.4 is 20.7 Å². The highest BCUT2D eigenvalue weighted by molar-refractivity contribution is 5.81. The molecule has 1 aromatic carbocycles. The highest BCUT2D eigenvalue weighted by Gasteiger charge is 2.42. The number of hydrogen-bond donors (Lipinski definition) is 4. The summed E-state index contributed by atoms with van der Waals surface area (Å²) >= 11 is 0. The van der Waals surface area contributed by atoms with Crippen LogP contribution in [-0.4, -0.2) is 47.8 Å². The SMILES string of the molecule is C=C(C)[C@H]1CN[C@H](C(=O)O)[C@H]1CC(=O)NC1Cc2c(OC)ccc([N+](=O)[O-])c2N1. The minimum absolute atomic E-state index is 0.00917. The van der Waals surface area contributed by atoms with Crippen LogP contribution in [0.4, 0.5) is 11.4 Å². The third-order valence-electron chi connectivity index (χ3n) is 5.55. The fourth-order valence-electron chi connectivity index (χ4n) is 4.17. The van der Waals surface area contributed by atoms with Crippen LogP contribution in [0.1, 0.15) is 18.9 Å². The quantitative estimate of drug-likeness (QED) is 0.302. The van der Waals surface area contributed by atoms with Crippen LogP contribution in [0.5, 0.6) is 5.75 Å². The molecule has 1 fully saturated rings. The maximum atomic E-state index is 12.6. The molecule has 0 spiro atoms. The predicted octanol–water partition coefficient (Wildman–Crippen LogP) is 1.27. The lowest BCUT2D eigenvalue weighted by molar-refractivity contribution is -0.384. The van der Waals surface area contributed by atoms with Gasteiger partial charge in [0.05, 0.1) is 12.0 Å². The number of carbonyl (C=O) groups is 2. The van der Waals surface area contributed by atoms with Crippen molar-refractivity contribution >= 4 is 23.3 Å². The first-order chi connectivity index (χ1) is 13.7. The monoisotopic (exact) mass is 404 g/mol. The zero-order valence-electron chi connectivity index (χ0n) is 16.2. The van der Waals surface area contributed by atoms with Crippen LogP contribution >= 0.6 is 0 Å². The van der Waals surface area contributed by atoms with Gasteiger partial charge in [0, 0.05) is 36.9 Å². The molecular formula is C19H24N4O6. The summed E-state index contributed by atoms with van der Waals surface area (Å²) in [7, 11) is 1.48. The number of rotatable bonds is 7. The smallest absolute Gasteiger partial charge is 0.321 e. The Morgan fingerprint density at radius 2 is 2.17 bits per heavy atom. The van der Waals surface area contributed by atoms with E-state index in [0.717, 1.165) is 5.57 Å². The van der Waals surface area contributed by atoms with Gasteiger partial charge >= 0.3 is 5.97 Å². The van der Waals surface area contributed by atoms with Crippen molar-refractivity contribution in [1.82, 2.24) is 10.6 Å². The van der Waals surface area contributed by atoms with Crippen molar-refractivity contribution in [2.24, 2.45) is 11.8 Å². The molecule has 29 heavy (non-hydrogen) atoms. The van der Waals surface area contributed by atoms with Gasteiger partial charge in [0.15, 0.2) is 0 Å². The minimum Gasteiger partial charge on any atom is -0.496 e. The first kappa shape index (κ1) is 20.6. The Kier molecular flexibility index (Phi) is 5.73. The number of nitro groups is 1. The van der Waals surface area contributed by atoms with Gasteiger partial charge < -0.3 is 25.8 Å². The second-order valence-corrected chi connectivity index (χ2v) is 7.41. The highest BCUT2D eigenvalue weighted by atomic mass is 16.6. The Labute approximate surface area is 167 Å². The third-order valence-corrected chi connectivity index (χ3v) is 5.55. The number of nitro benzene ring substituents is 1. The molecule has 2 heterocycles. The second-order valence-electron chi connectivity index (χ2n) is 7.41. The number of anilines is 1. The fourth-order valence-corrected chi connectivity index (χ4v) is 4.17. The van der Waals surface area contributed by atoms with Crippen LogP contribution in [0.3, 0.4) is 0 Å². The molecule has 1 amide bonds. The molecule has 10 heteroatoms. The molecule has 1 unspecified atom stereocenters. The molecule has 0 radical (unpaired) electrons. The highest BCUT2D eigenvalue weighted by Crippen LogP contribution is 2.40. The average molecular weight is 404 g/mol. The number of carboxylic acid groups (broad SMARTS) is 1. The van der Waals surface area contributed by atoms with Crippen molar-refractivity contribution in [3.8, 4) is 5.75 Å². The summed E-state index contributed by atoms with van der Waals surface area (Å²) in [6, 6.07) is 2.06.